The summed E-state index contributed by atoms with van der Waals surface area (Å²) in [4.78, 5) is 12.4. The highest BCUT2D eigenvalue weighted by Gasteiger charge is 2.34. The van der Waals surface area contributed by atoms with Crippen molar-refractivity contribution >= 4 is 11.5 Å². The fraction of sp³-hybridized carbons (Fsp3) is 0.421. The first-order chi connectivity index (χ1) is 10.4. The van der Waals surface area contributed by atoms with Crippen molar-refractivity contribution in [2.75, 3.05) is 11.9 Å². The molecular formula is C19H24N2O. The van der Waals surface area contributed by atoms with E-state index in [2.05, 4.69) is 61.8 Å². The molecule has 3 heteroatoms. The molecule has 0 saturated carbocycles. The van der Waals surface area contributed by atoms with E-state index in [1.165, 1.54) is 0 Å². The lowest BCUT2D eigenvalue weighted by molar-refractivity contribution is 0.0911. The van der Waals surface area contributed by atoms with Crippen LogP contribution in [-0.4, -0.2) is 16.9 Å². The van der Waals surface area contributed by atoms with Gasteiger partial charge in [-0.05, 0) is 56.0 Å². The van der Waals surface area contributed by atoms with Crippen molar-refractivity contribution in [3.05, 3.63) is 47.3 Å². The van der Waals surface area contributed by atoms with Crippen LogP contribution in [0.1, 0.15) is 48.9 Å². The van der Waals surface area contributed by atoms with Gasteiger partial charge in [0, 0.05) is 41.3 Å². The van der Waals surface area contributed by atoms with E-state index in [1.54, 1.807) is 0 Å². The van der Waals surface area contributed by atoms with Crippen molar-refractivity contribution in [1.82, 2.24) is 4.57 Å². The first-order valence-corrected chi connectivity index (χ1v) is 8.00. The molecule has 0 fully saturated rings. The molecule has 0 radical (unpaired) electrons. The van der Waals surface area contributed by atoms with Gasteiger partial charge in [-0.3, -0.25) is 4.79 Å². The quantitative estimate of drug-likeness (QED) is 0.912. The van der Waals surface area contributed by atoms with Crippen LogP contribution in [0.5, 0.6) is 0 Å². The molecule has 0 atom stereocenters. The molecular weight excluding hydrogens is 272 g/mol. The zero-order valence-corrected chi connectivity index (χ0v) is 13.9. The molecule has 1 aliphatic carbocycles. The second-order valence-corrected chi connectivity index (χ2v) is 7.00. The van der Waals surface area contributed by atoms with E-state index < -0.39 is 0 Å². The van der Waals surface area contributed by atoms with Gasteiger partial charge in [0.2, 0.25) is 0 Å². The smallest absolute Gasteiger partial charge is 0.165 e. The highest BCUT2D eigenvalue weighted by molar-refractivity contribution is 5.99. The molecule has 0 bridgehead atoms. The topological polar surface area (TPSA) is 34.0 Å². The van der Waals surface area contributed by atoms with Crippen molar-refractivity contribution in [1.29, 1.82) is 0 Å². The monoisotopic (exact) mass is 296 g/mol. The average Bonchev–Trinajstić information content (AvgIpc) is 2.76. The van der Waals surface area contributed by atoms with Crippen LogP contribution >= 0.6 is 0 Å². The third-order valence-electron chi connectivity index (χ3n) is 4.38. The molecule has 0 saturated heterocycles. The molecule has 2 aromatic rings. The second-order valence-electron chi connectivity index (χ2n) is 7.00. The van der Waals surface area contributed by atoms with Crippen LogP contribution in [0.3, 0.4) is 0 Å². The number of hydrogen-bond donors (Lipinski definition) is 1. The van der Waals surface area contributed by atoms with Crippen molar-refractivity contribution in [3.8, 4) is 5.69 Å². The van der Waals surface area contributed by atoms with Gasteiger partial charge < -0.3 is 9.88 Å². The summed E-state index contributed by atoms with van der Waals surface area (Å²) < 4.78 is 2.24. The molecule has 22 heavy (non-hydrogen) atoms. The minimum Gasteiger partial charge on any atom is -0.385 e. The highest BCUT2D eigenvalue weighted by Crippen LogP contribution is 2.37. The SMILES string of the molecule is CCNc1ccc(-n2c(C)cc3c2CC(C)(C)CC3=O)cc1. The Bertz CT molecular complexity index is 708. The first kappa shape index (κ1) is 14.9. The summed E-state index contributed by atoms with van der Waals surface area (Å²) in [6.45, 7) is 9.44. The molecule has 1 heterocycles. The number of aryl methyl sites for hydroxylation is 1. The van der Waals surface area contributed by atoms with E-state index in [0.29, 0.717) is 6.42 Å². The predicted molar refractivity (Wildman–Crippen MR) is 91.1 cm³/mol. The van der Waals surface area contributed by atoms with Crippen LogP contribution in [0.2, 0.25) is 0 Å². The van der Waals surface area contributed by atoms with Gasteiger partial charge in [-0.2, -0.15) is 0 Å². The van der Waals surface area contributed by atoms with Gasteiger partial charge in [-0.25, -0.2) is 0 Å². The van der Waals surface area contributed by atoms with Gasteiger partial charge in [0.1, 0.15) is 0 Å². The summed E-state index contributed by atoms with van der Waals surface area (Å²) in [5.74, 6) is 0.275. The van der Waals surface area contributed by atoms with Gasteiger partial charge in [-0.1, -0.05) is 13.8 Å². The van der Waals surface area contributed by atoms with E-state index in [-0.39, 0.29) is 11.2 Å². The van der Waals surface area contributed by atoms with Gasteiger partial charge >= 0.3 is 0 Å². The standard InChI is InChI=1S/C19H24N2O/c1-5-20-14-6-8-15(9-7-14)21-13(2)10-16-17(21)11-19(3,4)12-18(16)22/h6-10,20H,5,11-12H2,1-4H3. The second kappa shape index (κ2) is 5.31. The van der Waals surface area contributed by atoms with Crippen LogP contribution < -0.4 is 5.32 Å². The minimum atomic E-state index is 0.0380. The number of nitrogens with one attached hydrogen (secondary N) is 1. The molecule has 3 rings (SSSR count). The van der Waals surface area contributed by atoms with E-state index in [4.69, 9.17) is 0 Å². The maximum Gasteiger partial charge on any atom is 0.165 e. The number of carbonyl (C=O) groups excluding carboxylic acids is 1. The lowest BCUT2D eigenvalue weighted by Crippen LogP contribution is -2.27. The number of fused-ring (bicyclic) bond motifs is 1. The zero-order chi connectivity index (χ0) is 15.9. The molecule has 0 unspecified atom stereocenters. The van der Waals surface area contributed by atoms with E-state index in [9.17, 15) is 4.79 Å². The maximum absolute atomic E-state index is 12.4. The predicted octanol–water partition coefficient (Wildman–Crippen LogP) is 4.37. The lowest BCUT2D eigenvalue weighted by Gasteiger charge is -2.30. The van der Waals surface area contributed by atoms with Crippen LogP contribution in [0.15, 0.2) is 30.3 Å². The number of hydrogen-bond acceptors (Lipinski definition) is 2. The minimum absolute atomic E-state index is 0.0380. The molecule has 1 aromatic carbocycles. The molecule has 0 spiro atoms. The molecule has 1 N–H and O–H groups in total. The summed E-state index contributed by atoms with van der Waals surface area (Å²) >= 11 is 0. The number of Topliss-reactive ketones (excluding diaryl/α,β-unsaturated/α-hetero) is 1. The van der Waals surface area contributed by atoms with Gasteiger partial charge in [0.25, 0.3) is 0 Å². The maximum atomic E-state index is 12.4. The molecule has 0 amide bonds. The van der Waals surface area contributed by atoms with Crippen LogP contribution in [0.25, 0.3) is 5.69 Å². The third-order valence-corrected chi connectivity index (χ3v) is 4.38. The van der Waals surface area contributed by atoms with Gasteiger partial charge in [0.05, 0.1) is 0 Å². The number of carbonyl (C=O) groups is 1. The van der Waals surface area contributed by atoms with E-state index in [1.807, 2.05) is 6.07 Å². The molecule has 116 valence electrons. The average molecular weight is 296 g/mol. The number of benzene rings is 1. The van der Waals surface area contributed by atoms with Crippen molar-refractivity contribution < 1.29 is 4.79 Å². The van der Waals surface area contributed by atoms with Crippen molar-refractivity contribution in [2.24, 2.45) is 5.41 Å². The van der Waals surface area contributed by atoms with Gasteiger partial charge in [0.15, 0.2) is 5.78 Å². The van der Waals surface area contributed by atoms with Crippen molar-refractivity contribution in [3.63, 3.8) is 0 Å². The van der Waals surface area contributed by atoms with Gasteiger partial charge in [-0.15, -0.1) is 0 Å². The Kier molecular flexibility index (Phi) is 3.59. The third kappa shape index (κ3) is 2.56. The Morgan fingerprint density at radius 2 is 1.86 bits per heavy atom. The molecule has 0 aliphatic heterocycles. The highest BCUT2D eigenvalue weighted by atomic mass is 16.1. The summed E-state index contributed by atoms with van der Waals surface area (Å²) in [6.07, 6.45) is 1.58. The summed E-state index contributed by atoms with van der Waals surface area (Å²) in [7, 11) is 0. The fourth-order valence-corrected chi connectivity index (χ4v) is 3.44. The Balaban J connectivity index is 2.07. The molecule has 3 nitrogen and oxygen atoms in total. The zero-order valence-electron chi connectivity index (χ0n) is 13.9. The van der Waals surface area contributed by atoms with Crippen LogP contribution in [0, 0.1) is 12.3 Å². The number of rotatable bonds is 3. The number of anilines is 1. The van der Waals surface area contributed by atoms with E-state index in [0.717, 1.165) is 41.3 Å². The Morgan fingerprint density at radius 1 is 1.18 bits per heavy atom. The van der Waals surface area contributed by atoms with Crippen LogP contribution in [0.4, 0.5) is 5.69 Å². The Labute approximate surface area is 132 Å². The van der Waals surface area contributed by atoms with Crippen LogP contribution in [-0.2, 0) is 6.42 Å². The molecule has 1 aromatic heterocycles. The lowest BCUT2D eigenvalue weighted by atomic mass is 9.76. The summed E-state index contributed by atoms with van der Waals surface area (Å²) in [5, 5.41) is 3.31. The van der Waals surface area contributed by atoms with Crippen molar-refractivity contribution in [2.45, 2.75) is 40.5 Å². The molecule has 1 aliphatic rings. The number of ketones is 1. The number of nitrogens with zero attached hydrogens (tertiary/aromatic N) is 1. The summed E-state index contributed by atoms with van der Waals surface area (Å²) in [5.41, 5.74) is 5.50. The van der Waals surface area contributed by atoms with E-state index >= 15 is 0 Å². The normalized spacial score (nSPS) is 16.5. The fourth-order valence-electron chi connectivity index (χ4n) is 3.44. The first-order valence-electron chi connectivity index (χ1n) is 8.00. The Morgan fingerprint density at radius 3 is 2.50 bits per heavy atom. The number of aromatic nitrogens is 1. The Hall–Kier alpha value is -2.03. The summed E-state index contributed by atoms with van der Waals surface area (Å²) in [6, 6.07) is 10.5. The largest absolute Gasteiger partial charge is 0.385 e.